The average Bonchev–Trinajstić information content (AvgIpc) is 3.21. The Balaban J connectivity index is 1.50. The molecular weight excluding hydrogens is 308 g/mol. The van der Waals surface area contributed by atoms with Gasteiger partial charge in [0, 0.05) is 36.0 Å². The molecule has 0 aliphatic carbocycles. The van der Waals surface area contributed by atoms with E-state index in [1.807, 2.05) is 23.5 Å². The van der Waals surface area contributed by atoms with Gasteiger partial charge in [-0.05, 0) is 38.2 Å². The SMILES string of the molecule is CCc1cn[nH]c1C1CCN(C(=O)CCc2scnc2C)CC1. The highest BCUT2D eigenvalue weighted by Gasteiger charge is 2.25. The third-order valence-corrected chi connectivity index (χ3v) is 5.79. The van der Waals surface area contributed by atoms with Crippen molar-refractivity contribution in [1.82, 2.24) is 20.1 Å². The highest BCUT2D eigenvalue weighted by Crippen LogP contribution is 2.29. The minimum atomic E-state index is 0.275. The number of aryl methyl sites for hydroxylation is 3. The number of rotatable bonds is 5. The molecule has 124 valence electrons. The number of carbonyl (C=O) groups excluding carboxylic acids is 1. The molecule has 2 aromatic heterocycles. The van der Waals surface area contributed by atoms with E-state index in [4.69, 9.17) is 0 Å². The van der Waals surface area contributed by atoms with Crippen LogP contribution >= 0.6 is 11.3 Å². The predicted octanol–water partition coefficient (Wildman–Crippen LogP) is 3.08. The number of aromatic amines is 1. The fourth-order valence-electron chi connectivity index (χ4n) is 3.32. The predicted molar refractivity (Wildman–Crippen MR) is 91.7 cm³/mol. The number of piperidine rings is 1. The van der Waals surface area contributed by atoms with Crippen molar-refractivity contribution >= 4 is 17.2 Å². The van der Waals surface area contributed by atoms with Gasteiger partial charge in [0.15, 0.2) is 0 Å². The van der Waals surface area contributed by atoms with Crippen LogP contribution in [0.2, 0.25) is 0 Å². The highest BCUT2D eigenvalue weighted by atomic mass is 32.1. The maximum absolute atomic E-state index is 12.4. The van der Waals surface area contributed by atoms with Crippen molar-refractivity contribution in [2.24, 2.45) is 0 Å². The van der Waals surface area contributed by atoms with Gasteiger partial charge in [0.1, 0.15) is 0 Å². The van der Waals surface area contributed by atoms with E-state index in [0.29, 0.717) is 12.3 Å². The molecule has 5 nitrogen and oxygen atoms in total. The molecule has 3 rings (SSSR count). The Kier molecular flexibility index (Phi) is 5.10. The minimum absolute atomic E-state index is 0.275. The van der Waals surface area contributed by atoms with Crippen LogP contribution in [0.25, 0.3) is 0 Å². The summed E-state index contributed by atoms with van der Waals surface area (Å²) in [5.74, 6) is 0.789. The maximum atomic E-state index is 12.4. The molecule has 6 heteroatoms. The van der Waals surface area contributed by atoms with Crippen molar-refractivity contribution in [3.8, 4) is 0 Å². The number of hydrogen-bond donors (Lipinski definition) is 1. The van der Waals surface area contributed by atoms with Gasteiger partial charge in [0.05, 0.1) is 17.4 Å². The summed E-state index contributed by atoms with van der Waals surface area (Å²) in [4.78, 5) is 19.9. The Morgan fingerprint density at radius 1 is 1.43 bits per heavy atom. The molecule has 2 aromatic rings. The number of nitrogens with one attached hydrogen (secondary N) is 1. The number of hydrogen-bond acceptors (Lipinski definition) is 4. The normalized spacial score (nSPS) is 16.0. The molecule has 1 amide bonds. The van der Waals surface area contributed by atoms with Crippen LogP contribution in [0.1, 0.15) is 53.9 Å². The second-order valence-electron chi connectivity index (χ2n) is 6.18. The number of carbonyl (C=O) groups is 1. The molecule has 0 atom stereocenters. The minimum Gasteiger partial charge on any atom is -0.343 e. The average molecular weight is 332 g/mol. The van der Waals surface area contributed by atoms with Gasteiger partial charge in [-0.15, -0.1) is 11.3 Å². The summed E-state index contributed by atoms with van der Waals surface area (Å²) in [5.41, 5.74) is 5.51. The molecule has 0 radical (unpaired) electrons. The lowest BCUT2D eigenvalue weighted by molar-refractivity contribution is -0.132. The zero-order chi connectivity index (χ0) is 16.2. The second kappa shape index (κ2) is 7.25. The van der Waals surface area contributed by atoms with E-state index < -0.39 is 0 Å². The highest BCUT2D eigenvalue weighted by molar-refractivity contribution is 7.09. The first-order valence-electron chi connectivity index (χ1n) is 8.38. The van der Waals surface area contributed by atoms with Gasteiger partial charge in [-0.2, -0.15) is 5.10 Å². The molecule has 0 bridgehead atoms. The lowest BCUT2D eigenvalue weighted by Gasteiger charge is -2.32. The zero-order valence-electron chi connectivity index (χ0n) is 13.8. The van der Waals surface area contributed by atoms with Crippen molar-refractivity contribution in [2.75, 3.05) is 13.1 Å². The first-order chi connectivity index (χ1) is 11.2. The Hall–Kier alpha value is -1.69. The van der Waals surface area contributed by atoms with Gasteiger partial charge in [-0.1, -0.05) is 6.92 Å². The van der Waals surface area contributed by atoms with E-state index >= 15 is 0 Å². The lowest BCUT2D eigenvalue weighted by atomic mass is 9.90. The number of likely N-dealkylation sites (tertiary alicyclic amines) is 1. The smallest absolute Gasteiger partial charge is 0.222 e. The van der Waals surface area contributed by atoms with E-state index in [2.05, 4.69) is 22.1 Å². The maximum Gasteiger partial charge on any atom is 0.222 e. The van der Waals surface area contributed by atoms with E-state index in [1.54, 1.807) is 11.3 Å². The van der Waals surface area contributed by atoms with Crippen LogP contribution in [0, 0.1) is 6.92 Å². The largest absolute Gasteiger partial charge is 0.343 e. The van der Waals surface area contributed by atoms with Crippen LogP contribution in [-0.2, 0) is 17.6 Å². The Labute approximate surface area is 141 Å². The van der Waals surface area contributed by atoms with Crippen LogP contribution in [0.4, 0.5) is 0 Å². The molecule has 1 aliphatic rings. The van der Waals surface area contributed by atoms with Crippen molar-refractivity contribution in [1.29, 1.82) is 0 Å². The molecule has 0 unspecified atom stereocenters. The number of aromatic nitrogens is 3. The molecule has 0 saturated carbocycles. The van der Waals surface area contributed by atoms with Crippen LogP contribution in [0.3, 0.4) is 0 Å². The van der Waals surface area contributed by atoms with Gasteiger partial charge < -0.3 is 4.90 Å². The molecule has 1 N–H and O–H groups in total. The van der Waals surface area contributed by atoms with Gasteiger partial charge in [0.25, 0.3) is 0 Å². The first-order valence-corrected chi connectivity index (χ1v) is 9.25. The Bertz CT molecular complexity index is 655. The van der Waals surface area contributed by atoms with Crippen molar-refractivity contribution < 1.29 is 4.79 Å². The zero-order valence-corrected chi connectivity index (χ0v) is 14.7. The van der Waals surface area contributed by atoms with Gasteiger partial charge >= 0.3 is 0 Å². The summed E-state index contributed by atoms with van der Waals surface area (Å²) in [6.45, 7) is 5.88. The van der Waals surface area contributed by atoms with Crippen molar-refractivity contribution in [3.63, 3.8) is 0 Å². The van der Waals surface area contributed by atoms with Crippen LogP contribution in [0.5, 0.6) is 0 Å². The van der Waals surface area contributed by atoms with Crippen LogP contribution in [-0.4, -0.2) is 39.1 Å². The molecule has 1 fully saturated rings. The van der Waals surface area contributed by atoms with E-state index in [9.17, 15) is 4.79 Å². The molecule has 0 aromatic carbocycles. The molecule has 1 saturated heterocycles. The van der Waals surface area contributed by atoms with Crippen LogP contribution in [0.15, 0.2) is 11.7 Å². The second-order valence-corrected chi connectivity index (χ2v) is 7.12. The number of nitrogens with zero attached hydrogens (tertiary/aromatic N) is 3. The fraction of sp³-hybridized carbons (Fsp3) is 0.588. The summed E-state index contributed by atoms with van der Waals surface area (Å²) in [6, 6.07) is 0. The lowest BCUT2D eigenvalue weighted by Crippen LogP contribution is -2.38. The quantitative estimate of drug-likeness (QED) is 0.915. The standard InChI is InChI=1S/C17H24N4OS/c1-3-13-10-19-20-17(13)14-6-8-21(9-7-14)16(22)5-4-15-12(2)18-11-23-15/h10-11,14H,3-9H2,1-2H3,(H,19,20). The molecule has 23 heavy (non-hydrogen) atoms. The summed E-state index contributed by atoms with van der Waals surface area (Å²) in [5, 5.41) is 7.34. The molecule has 3 heterocycles. The summed E-state index contributed by atoms with van der Waals surface area (Å²) >= 11 is 1.65. The van der Waals surface area contributed by atoms with E-state index in [0.717, 1.165) is 44.5 Å². The monoisotopic (exact) mass is 332 g/mol. The number of H-pyrrole nitrogens is 1. The summed E-state index contributed by atoms with van der Waals surface area (Å²) in [6.07, 6.45) is 6.41. The van der Waals surface area contributed by atoms with Crippen LogP contribution < -0.4 is 0 Å². The van der Waals surface area contributed by atoms with Gasteiger partial charge in [-0.3, -0.25) is 9.89 Å². The van der Waals surface area contributed by atoms with E-state index in [1.165, 1.54) is 16.1 Å². The number of thiazole rings is 1. The summed E-state index contributed by atoms with van der Waals surface area (Å²) < 4.78 is 0. The topological polar surface area (TPSA) is 61.9 Å². The third kappa shape index (κ3) is 3.63. The van der Waals surface area contributed by atoms with E-state index in [-0.39, 0.29) is 5.91 Å². The van der Waals surface area contributed by atoms with Crippen molar-refractivity contribution in [2.45, 2.75) is 51.9 Å². The Morgan fingerprint density at radius 3 is 2.87 bits per heavy atom. The summed E-state index contributed by atoms with van der Waals surface area (Å²) in [7, 11) is 0. The fourth-order valence-corrected chi connectivity index (χ4v) is 4.10. The molecule has 0 spiro atoms. The first kappa shape index (κ1) is 16.2. The number of amides is 1. The van der Waals surface area contributed by atoms with Gasteiger partial charge in [0.2, 0.25) is 5.91 Å². The van der Waals surface area contributed by atoms with Crippen molar-refractivity contribution in [3.05, 3.63) is 33.5 Å². The van der Waals surface area contributed by atoms with Gasteiger partial charge in [-0.25, -0.2) is 4.98 Å². The molecule has 1 aliphatic heterocycles. The Morgan fingerprint density at radius 2 is 2.22 bits per heavy atom. The third-order valence-electron chi connectivity index (χ3n) is 4.80. The molecular formula is C17H24N4OS.